The number of hydrogen-bond donors (Lipinski definition) is 0. The SMILES string of the molecule is C=CC(=O)OCCN(C)c1ccc2c3c1cccc3c(=O)n1c3cccc4cccc(nc21)c43. The molecule has 0 bridgehead atoms. The van der Waals surface area contributed by atoms with Crippen LogP contribution in [0.4, 0.5) is 5.69 Å². The molecule has 0 aliphatic heterocycles. The summed E-state index contributed by atoms with van der Waals surface area (Å²) in [5, 5.41) is 5.47. The van der Waals surface area contributed by atoms with Gasteiger partial charge >= 0.3 is 5.97 Å². The van der Waals surface area contributed by atoms with Gasteiger partial charge in [-0.2, -0.15) is 0 Å². The highest BCUT2D eigenvalue weighted by molar-refractivity contribution is 6.19. The van der Waals surface area contributed by atoms with Gasteiger partial charge in [-0.3, -0.25) is 9.20 Å². The number of anilines is 1. The monoisotopic (exact) mass is 447 g/mol. The summed E-state index contributed by atoms with van der Waals surface area (Å²) in [6.07, 6.45) is 1.16. The lowest BCUT2D eigenvalue weighted by molar-refractivity contribution is -0.137. The molecular weight excluding hydrogens is 426 g/mol. The topological polar surface area (TPSA) is 63.9 Å². The molecule has 0 fully saturated rings. The van der Waals surface area contributed by atoms with Gasteiger partial charge in [0.05, 0.1) is 17.6 Å². The molecular formula is C28H21N3O3. The Morgan fingerprint density at radius 3 is 2.59 bits per heavy atom. The first-order valence-electron chi connectivity index (χ1n) is 11.1. The quantitative estimate of drug-likeness (QED) is 0.163. The predicted octanol–water partition coefficient (Wildman–Crippen LogP) is 4.91. The number of aromatic nitrogens is 2. The molecule has 6 heteroatoms. The van der Waals surface area contributed by atoms with Crippen molar-refractivity contribution >= 4 is 60.7 Å². The van der Waals surface area contributed by atoms with Crippen LogP contribution in [-0.4, -0.2) is 35.6 Å². The summed E-state index contributed by atoms with van der Waals surface area (Å²) in [7, 11) is 1.94. The van der Waals surface area contributed by atoms with Gasteiger partial charge < -0.3 is 9.64 Å². The van der Waals surface area contributed by atoms with Gasteiger partial charge in [-0.25, -0.2) is 9.78 Å². The number of ether oxygens (including phenoxy) is 1. The molecule has 6 aromatic rings. The summed E-state index contributed by atoms with van der Waals surface area (Å²) in [6, 6.07) is 21.9. The highest BCUT2D eigenvalue weighted by atomic mass is 16.5. The van der Waals surface area contributed by atoms with Gasteiger partial charge in [0, 0.05) is 45.7 Å². The van der Waals surface area contributed by atoms with E-state index in [1.807, 2.05) is 78.7 Å². The van der Waals surface area contributed by atoms with Gasteiger partial charge in [-0.05, 0) is 35.7 Å². The fourth-order valence-corrected chi connectivity index (χ4v) is 4.92. The number of nitrogens with zero attached hydrogens (tertiary/aromatic N) is 3. The fourth-order valence-electron chi connectivity index (χ4n) is 4.92. The van der Waals surface area contributed by atoms with E-state index in [1.165, 1.54) is 0 Å². The van der Waals surface area contributed by atoms with Crippen LogP contribution < -0.4 is 10.5 Å². The Morgan fingerprint density at radius 1 is 1.00 bits per heavy atom. The molecule has 6 rings (SSSR count). The second kappa shape index (κ2) is 7.56. The lowest BCUT2D eigenvalue weighted by atomic mass is 9.99. The minimum Gasteiger partial charge on any atom is -0.461 e. The van der Waals surface area contributed by atoms with Crippen molar-refractivity contribution in [3.05, 3.63) is 89.7 Å². The lowest BCUT2D eigenvalue weighted by Gasteiger charge is -2.22. The first-order valence-corrected chi connectivity index (χ1v) is 11.1. The number of pyridine rings is 1. The smallest absolute Gasteiger partial charge is 0.330 e. The van der Waals surface area contributed by atoms with Crippen LogP contribution in [0.3, 0.4) is 0 Å². The van der Waals surface area contributed by atoms with Crippen molar-refractivity contribution in [3.8, 4) is 0 Å². The third-order valence-electron chi connectivity index (χ3n) is 6.48. The number of benzene rings is 4. The Balaban J connectivity index is 1.64. The fraction of sp³-hybridized carbons (Fsp3) is 0.107. The van der Waals surface area contributed by atoms with E-state index in [4.69, 9.17) is 9.72 Å². The molecule has 0 aliphatic rings. The normalized spacial score (nSPS) is 11.7. The maximum atomic E-state index is 13.8. The van der Waals surface area contributed by atoms with E-state index >= 15 is 0 Å². The summed E-state index contributed by atoms with van der Waals surface area (Å²) in [5.41, 5.74) is 3.24. The third kappa shape index (κ3) is 2.85. The van der Waals surface area contributed by atoms with Gasteiger partial charge in [0.1, 0.15) is 12.3 Å². The van der Waals surface area contributed by atoms with Crippen molar-refractivity contribution in [1.82, 2.24) is 9.38 Å². The molecule has 2 heterocycles. The van der Waals surface area contributed by atoms with E-state index in [1.54, 1.807) is 4.40 Å². The van der Waals surface area contributed by atoms with E-state index in [9.17, 15) is 9.59 Å². The Labute approximate surface area is 194 Å². The molecule has 0 unspecified atom stereocenters. The summed E-state index contributed by atoms with van der Waals surface area (Å²) >= 11 is 0. The molecule has 2 aromatic heterocycles. The second-order valence-electron chi connectivity index (χ2n) is 8.38. The average molecular weight is 447 g/mol. The molecule has 4 aromatic carbocycles. The predicted molar refractivity (Wildman–Crippen MR) is 137 cm³/mol. The molecule has 0 aliphatic carbocycles. The molecule has 166 valence electrons. The maximum Gasteiger partial charge on any atom is 0.330 e. The summed E-state index contributed by atoms with van der Waals surface area (Å²) < 4.78 is 6.89. The van der Waals surface area contributed by atoms with Crippen LogP contribution in [0.1, 0.15) is 0 Å². The van der Waals surface area contributed by atoms with Crippen LogP contribution >= 0.6 is 0 Å². The van der Waals surface area contributed by atoms with Crippen LogP contribution in [0.5, 0.6) is 0 Å². The lowest BCUT2D eigenvalue weighted by Crippen LogP contribution is -2.24. The van der Waals surface area contributed by atoms with Crippen LogP contribution in [0.15, 0.2) is 84.2 Å². The van der Waals surface area contributed by atoms with E-state index < -0.39 is 5.97 Å². The number of carbonyl (C=O) groups excluding carboxylic acids is 1. The molecule has 0 spiro atoms. The zero-order valence-electron chi connectivity index (χ0n) is 18.6. The third-order valence-corrected chi connectivity index (χ3v) is 6.48. The van der Waals surface area contributed by atoms with Crippen LogP contribution in [-0.2, 0) is 9.53 Å². The van der Waals surface area contributed by atoms with E-state index in [0.717, 1.165) is 49.7 Å². The van der Waals surface area contributed by atoms with Crippen molar-refractivity contribution in [2.45, 2.75) is 0 Å². The second-order valence-corrected chi connectivity index (χ2v) is 8.38. The highest BCUT2D eigenvalue weighted by Gasteiger charge is 2.18. The molecule has 0 N–H and O–H groups in total. The van der Waals surface area contributed by atoms with Gasteiger partial charge in [-0.15, -0.1) is 0 Å². The zero-order valence-corrected chi connectivity index (χ0v) is 18.6. The first kappa shape index (κ1) is 20.2. The van der Waals surface area contributed by atoms with Crippen molar-refractivity contribution in [1.29, 1.82) is 0 Å². The van der Waals surface area contributed by atoms with Crippen molar-refractivity contribution in [3.63, 3.8) is 0 Å². The van der Waals surface area contributed by atoms with Gasteiger partial charge in [0.25, 0.3) is 5.56 Å². The zero-order chi connectivity index (χ0) is 23.4. The number of carbonyl (C=O) groups is 1. The summed E-state index contributed by atoms with van der Waals surface area (Å²) in [5.74, 6) is -0.443. The van der Waals surface area contributed by atoms with E-state index in [-0.39, 0.29) is 12.2 Å². The molecule has 6 nitrogen and oxygen atoms in total. The number of esters is 1. The largest absolute Gasteiger partial charge is 0.461 e. The van der Waals surface area contributed by atoms with E-state index in [2.05, 4.69) is 6.58 Å². The molecule has 0 saturated heterocycles. The minimum atomic E-state index is -0.443. The molecule has 34 heavy (non-hydrogen) atoms. The molecule has 0 radical (unpaired) electrons. The van der Waals surface area contributed by atoms with Crippen molar-refractivity contribution < 1.29 is 9.53 Å². The minimum absolute atomic E-state index is 0.0847. The van der Waals surface area contributed by atoms with Crippen molar-refractivity contribution in [2.75, 3.05) is 25.1 Å². The summed E-state index contributed by atoms with van der Waals surface area (Å²) in [6.45, 7) is 4.17. The van der Waals surface area contributed by atoms with Gasteiger partial charge in [0.2, 0.25) is 0 Å². The van der Waals surface area contributed by atoms with Crippen molar-refractivity contribution in [2.24, 2.45) is 0 Å². The maximum absolute atomic E-state index is 13.8. The Bertz CT molecular complexity index is 1810. The van der Waals surface area contributed by atoms with E-state index in [0.29, 0.717) is 17.6 Å². The highest BCUT2D eigenvalue weighted by Crippen LogP contribution is 2.35. The number of fused-ring (bicyclic) bond motifs is 3. The molecule has 0 saturated carbocycles. The Morgan fingerprint density at radius 2 is 1.76 bits per heavy atom. The van der Waals surface area contributed by atoms with Gasteiger partial charge in [-0.1, -0.05) is 43.0 Å². The Hall–Kier alpha value is -4.45. The van der Waals surface area contributed by atoms with Gasteiger partial charge in [0.15, 0.2) is 0 Å². The summed E-state index contributed by atoms with van der Waals surface area (Å²) in [4.78, 5) is 32.2. The van der Waals surface area contributed by atoms with Crippen LogP contribution in [0.25, 0.3) is 49.0 Å². The molecule has 0 atom stereocenters. The molecule has 0 amide bonds. The van der Waals surface area contributed by atoms with Crippen LogP contribution in [0, 0.1) is 0 Å². The number of hydrogen-bond acceptors (Lipinski definition) is 5. The number of likely N-dealkylation sites (N-methyl/N-ethyl adjacent to an activating group) is 1. The first-order chi connectivity index (χ1) is 16.6. The average Bonchev–Trinajstić information content (AvgIpc) is 2.86. The standard InChI is InChI=1S/C28H21N3O3/c1-3-24(32)34-16-15-30(2)22-14-13-19-26-18(22)9-6-10-20(26)28(33)31-23-12-5-8-17-7-4-11-21(25(17)23)29-27(19)31/h3-14H,1,15-16H2,2H3. The Kier molecular flexibility index (Phi) is 4.48. The van der Waals surface area contributed by atoms with Crippen LogP contribution in [0.2, 0.25) is 0 Å². The number of rotatable bonds is 5.